The Bertz CT molecular complexity index is 300. The van der Waals surface area contributed by atoms with E-state index in [9.17, 15) is 0 Å². The molecule has 0 spiro atoms. The summed E-state index contributed by atoms with van der Waals surface area (Å²) in [5.41, 5.74) is 8.67. The molecule has 0 radical (unpaired) electrons. The summed E-state index contributed by atoms with van der Waals surface area (Å²) in [4.78, 5) is 0. The Morgan fingerprint density at radius 3 is 3.00 bits per heavy atom. The molecule has 1 rings (SSSR count). The van der Waals surface area contributed by atoms with Crippen LogP contribution in [0.5, 0.6) is 0 Å². The van der Waals surface area contributed by atoms with Crippen LogP contribution in [0.25, 0.3) is 0 Å². The van der Waals surface area contributed by atoms with E-state index in [2.05, 4.69) is 13.0 Å². The van der Waals surface area contributed by atoms with Gasteiger partial charge in [0, 0.05) is 5.70 Å². The lowest BCUT2D eigenvalue weighted by Crippen LogP contribution is -1.99. The first-order valence-electron chi connectivity index (χ1n) is 3.93. The molecule has 0 saturated carbocycles. The summed E-state index contributed by atoms with van der Waals surface area (Å²) in [6.07, 6.45) is 7.19. The Balaban J connectivity index is 2.89. The van der Waals surface area contributed by atoms with Gasteiger partial charge < -0.3 is 5.73 Å². The van der Waals surface area contributed by atoms with Crippen LogP contribution in [-0.4, -0.2) is 0 Å². The highest BCUT2D eigenvalue weighted by Gasteiger charge is 2.02. The lowest BCUT2D eigenvalue weighted by molar-refractivity contribution is 1.15. The first-order chi connectivity index (χ1) is 5.74. The van der Waals surface area contributed by atoms with Gasteiger partial charge in [0.05, 0.1) is 12.5 Å². The molecular formula is C10H12N2. The Kier molecular flexibility index (Phi) is 2.71. The number of rotatable bonds is 1. The average Bonchev–Trinajstić information content (AvgIpc) is 2.20. The van der Waals surface area contributed by atoms with Crippen LogP contribution >= 0.6 is 0 Å². The quantitative estimate of drug-likeness (QED) is 0.638. The van der Waals surface area contributed by atoms with E-state index in [0.29, 0.717) is 6.42 Å². The lowest BCUT2D eigenvalue weighted by Gasteiger charge is -1.99. The molecule has 0 aromatic heterocycles. The van der Waals surface area contributed by atoms with Crippen molar-refractivity contribution in [3.8, 4) is 6.07 Å². The summed E-state index contributed by atoms with van der Waals surface area (Å²) in [6, 6.07) is 2.09. The van der Waals surface area contributed by atoms with Gasteiger partial charge in [0.15, 0.2) is 0 Å². The zero-order chi connectivity index (χ0) is 8.97. The minimum atomic E-state index is 0.395. The molecule has 1 aliphatic carbocycles. The molecule has 0 fully saturated rings. The maximum absolute atomic E-state index is 8.50. The van der Waals surface area contributed by atoms with Crippen molar-refractivity contribution in [2.45, 2.75) is 19.8 Å². The first kappa shape index (κ1) is 8.61. The Morgan fingerprint density at radius 1 is 1.58 bits per heavy atom. The first-order valence-corrected chi connectivity index (χ1v) is 3.93. The fraction of sp³-hybridized carbons (Fsp3) is 0.300. The molecule has 2 N–H and O–H groups in total. The fourth-order valence-electron chi connectivity index (χ4n) is 1.06. The van der Waals surface area contributed by atoms with Gasteiger partial charge in [0.1, 0.15) is 0 Å². The van der Waals surface area contributed by atoms with Crippen molar-refractivity contribution in [2.24, 2.45) is 5.73 Å². The molecule has 12 heavy (non-hydrogen) atoms. The minimum Gasteiger partial charge on any atom is -0.399 e. The van der Waals surface area contributed by atoms with Crippen LogP contribution in [0.15, 0.2) is 35.1 Å². The number of nitriles is 1. The maximum atomic E-state index is 8.50. The van der Waals surface area contributed by atoms with Gasteiger partial charge in [0.25, 0.3) is 0 Å². The number of hydrogen-bond donors (Lipinski definition) is 1. The van der Waals surface area contributed by atoms with E-state index in [1.54, 1.807) is 0 Å². The predicted molar refractivity (Wildman–Crippen MR) is 49.0 cm³/mol. The molecular weight excluding hydrogens is 148 g/mol. The van der Waals surface area contributed by atoms with Crippen LogP contribution in [0.4, 0.5) is 0 Å². The second kappa shape index (κ2) is 3.77. The van der Waals surface area contributed by atoms with E-state index in [4.69, 9.17) is 11.0 Å². The minimum absolute atomic E-state index is 0.395. The van der Waals surface area contributed by atoms with Crippen molar-refractivity contribution in [1.82, 2.24) is 0 Å². The molecule has 0 aromatic rings. The van der Waals surface area contributed by atoms with Crippen molar-refractivity contribution in [3.05, 3.63) is 35.1 Å². The monoisotopic (exact) mass is 160 g/mol. The highest BCUT2D eigenvalue weighted by Crippen LogP contribution is 2.16. The third-order valence-corrected chi connectivity index (χ3v) is 1.85. The van der Waals surface area contributed by atoms with Crippen LogP contribution < -0.4 is 5.73 Å². The van der Waals surface area contributed by atoms with Gasteiger partial charge in [-0.05, 0) is 18.9 Å². The van der Waals surface area contributed by atoms with E-state index >= 15 is 0 Å². The highest BCUT2D eigenvalue weighted by molar-refractivity contribution is 5.37. The molecule has 0 bridgehead atoms. The summed E-state index contributed by atoms with van der Waals surface area (Å²) >= 11 is 0. The summed E-state index contributed by atoms with van der Waals surface area (Å²) in [5.74, 6) is 0. The van der Waals surface area contributed by atoms with Gasteiger partial charge in [-0.25, -0.2) is 0 Å². The molecule has 2 heteroatoms. The fourth-order valence-corrected chi connectivity index (χ4v) is 1.06. The lowest BCUT2D eigenvalue weighted by atomic mass is 10.1. The Hall–Kier alpha value is -1.49. The zero-order valence-electron chi connectivity index (χ0n) is 7.17. The second-order valence-corrected chi connectivity index (χ2v) is 2.90. The van der Waals surface area contributed by atoms with Gasteiger partial charge >= 0.3 is 0 Å². The molecule has 0 atom stereocenters. The largest absolute Gasteiger partial charge is 0.399 e. The molecule has 0 heterocycles. The van der Waals surface area contributed by atoms with Crippen LogP contribution in [-0.2, 0) is 0 Å². The molecule has 1 aliphatic rings. The van der Waals surface area contributed by atoms with Gasteiger partial charge in [-0.3, -0.25) is 0 Å². The maximum Gasteiger partial charge on any atom is 0.0670 e. The third kappa shape index (κ3) is 2.00. The van der Waals surface area contributed by atoms with E-state index in [0.717, 1.165) is 17.7 Å². The predicted octanol–water partition coefficient (Wildman–Crippen LogP) is 2.02. The Morgan fingerprint density at radius 2 is 2.33 bits per heavy atom. The summed E-state index contributed by atoms with van der Waals surface area (Å²) in [5, 5.41) is 8.50. The molecule has 0 unspecified atom stereocenters. The van der Waals surface area contributed by atoms with Crippen LogP contribution in [0, 0.1) is 11.3 Å². The number of nitrogens with zero attached hydrogens (tertiary/aromatic N) is 1. The normalized spacial score (nSPS) is 16.8. The highest BCUT2D eigenvalue weighted by atomic mass is 14.6. The van der Waals surface area contributed by atoms with Crippen molar-refractivity contribution in [2.75, 3.05) is 0 Å². The SMILES string of the molecule is CC1=CC=C(CC#N)C(N)=CC1. The Labute approximate surface area is 72.7 Å². The van der Waals surface area contributed by atoms with E-state index < -0.39 is 0 Å². The second-order valence-electron chi connectivity index (χ2n) is 2.90. The molecule has 0 saturated heterocycles. The number of hydrogen-bond acceptors (Lipinski definition) is 2. The third-order valence-electron chi connectivity index (χ3n) is 1.85. The van der Waals surface area contributed by atoms with Gasteiger partial charge in [-0.1, -0.05) is 23.8 Å². The number of nitrogens with two attached hydrogens (primary N) is 1. The van der Waals surface area contributed by atoms with Gasteiger partial charge in [-0.2, -0.15) is 5.26 Å². The smallest absolute Gasteiger partial charge is 0.0670 e. The average molecular weight is 160 g/mol. The summed E-state index contributed by atoms with van der Waals surface area (Å²) in [6.45, 7) is 2.05. The zero-order valence-corrected chi connectivity index (χ0v) is 7.17. The van der Waals surface area contributed by atoms with Crippen LogP contribution in [0.3, 0.4) is 0 Å². The van der Waals surface area contributed by atoms with Crippen LogP contribution in [0.2, 0.25) is 0 Å². The van der Waals surface area contributed by atoms with Gasteiger partial charge in [0.2, 0.25) is 0 Å². The summed E-state index contributed by atoms with van der Waals surface area (Å²) in [7, 11) is 0. The van der Waals surface area contributed by atoms with Gasteiger partial charge in [-0.15, -0.1) is 0 Å². The number of allylic oxidation sites excluding steroid dienone is 5. The molecule has 0 aliphatic heterocycles. The topological polar surface area (TPSA) is 49.8 Å². The molecule has 0 amide bonds. The van der Waals surface area contributed by atoms with Crippen molar-refractivity contribution >= 4 is 0 Å². The van der Waals surface area contributed by atoms with Crippen molar-refractivity contribution in [1.29, 1.82) is 5.26 Å². The van der Waals surface area contributed by atoms with Crippen LogP contribution in [0.1, 0.15) is 19.8 Å². The van der Waals surface area contributed by atoms with Crippen molar-refractivity contribution < 1.29 is 0 Å². The molecule has 62 valence electrons. The van der Waals surface area contributed by atoms with Crippen molar-refractivity contribution in [3.63, 3.8) is 0 Å². The molecule has 2 nitrogen and oxygen atoms in total. The molecule has 0 aromatic carbocycles. The van der Waals surface area contributed by atoms with E-state index in [-0.39, 0.29) is 0 Å². The van der Waals surface area contributed by atoms with E-state index in [1.165, 1.54) is 5.57 Å². The van der Waals surface area contributed by atoms with E-state index in [1.807, 2.05) is 18.2 Å². The summed E-state index contributed by atoms with van der Waals surface area (Å²) < 4.78 is 0. The standard InChI is InChI=1S/C10H12N2/c1-8-2-4-9(6-7-11)10(12)5-3-8/h2,4-5H,3,6,12H2,1H3.